The molecule has 0 unspecified atom stereocenters. The van der Waals surface area contributed by atoms with E-state index in [1.165, 1.54) is 17.4 Å². The van der Waals surface area contributed by atoms with Crippen LogP contribution in [-0.2, 0) is 6.54 Å². The highest BCUT2D eigenvalue weighted by Gasteiger charge is 2.24. The van der Waals surface area contributed by atoms with Crippen molar-refractivity contribution in [3.63, 3.8) is 0 Å². The molecule has 4 aromatic heterocycles. The number of fused-ring (bicyclic) bond motifs is 1. The molecule has 0 aliphatic carbocycles. The lowest BCUT2D eigenvalue weighted by atomic mass is 10.1. The van der Waals surface area contributed by atoms with E-state index in [1.54, 1.807) is 18.5 Å². The van der Waals surface area contributed by atoms with Gasteiger partial charge in [0.25, 0.3) is 12.3 Å². The van der Waals surface area contributed by atoms with Crippen LogP contribution in [0.2, 0.25) is 0 Å². The Bertz CT molecular complexity index is 1130. The fourth-order valence-electron chi connectivity index (χ4n) is 2.81. The van der Waals surface area contributed by atoms with E-state index in [9.17, 15) is 13.6 Å². The lowest BCUT2D eigenvalue weighted by Crippen LogP contribution is -2.22. The van der Waals surface area contributed by atoms with Crippen molar-refractivity contribution in [1.29, 1.82) is 0 Å². The molecule has 4 aromatic rings. The minimum Gasteiger partial charge on any atom is -0.397 e. The Morgan fingerprint density at radius 1 is 1.29 bits per heavy atom. The first kappa shape index (κ1) is 18.5. The largest absolute Gasteiger partial charge is 0.397 e. The van der Waals surface area contributed by atoms with Gasteiger partial charge in [0.05, 0.1) is 16.3 Å². The number of rotatable bonds is 5. The Morgan fingerprint density at radius 3 is 2.82 bits per heavy atom. The fourth-order valence-corrected chi connectivity index (χ4v) is 4.54. The van der Waals surface area contributed by atoms with Crippen molar-refractivity contribution in [2.75, 3.05) is 5.73 Å². The Hall–Kier alpha value is -2.91. The number of hydrogen-bond donors (Lipinski definition) is 2. The summed E-state index contributed by atoms with van der Waals surface area (Å²) in [5.41, 5.74) is 7.17. The summed E-state index contributed by atoms with van der Waals surface area (Å²) in [5.74, 6) is -0.428. The van der Waals surface area contributed by atoms with Crippen molar-refractivity contribution in [3.05, 3.63) is 64.1 Å². The predicted molar refractivity (Wildman–Crippen MR) is 108 cm³/mol. The average Bonchev–Trinajstić information content (AvgIpc) is 3.35. The summed E-state index contributed by atoms with van der Waals surface area (Å²) in [4.78, 5) is 22.3. The molecule has 5 nitrogen and oxygen atoms in total. The maximum Gasteiger partial charge on any atom is 0.264 e. The molecule has 4 heterocycles. The van der Waals surface area contributed by atoms with Crippen molar-refractivity contribution in [3.8, 4) is 10.6 Å². The summed E-state index contributed by atoms with van der Waals surface area (Å²) in [5, 5.41) is 4.74. The summed E-state index contributed by atoms with van der Waals surface area (Å²) in [6.07, 6.45) is 0.545. The van der Waals surface area contributed by atoms with Gasteiger partial charge in [0, 0.05) is 29.9 Å². The second-order valence-electron chi connectivity index (χ2n) is 5.94. The molecule has 0 saturated carbocycles. The van der Waals surface area contributed by atoms with Crippen LogP contribution in [0.1, 0.15) is 27.2 Å². The van der Waals surface area contributed by atoms with Gasteiger partial charge in [0.1, 0.15) is 9.71 Å². The lowest BCUT2D eigenvalue weighted by Gasteiger charge is -2.06. The molecule has 3 N–H and O–H groups in total. The van der Waals surface area contributed by atoms with Gasteiger partial charge in [-0.25, -0.2) is 13.8 Å². The molecule has 0 atom stereocenters. The van der Waals surface area contributed by atoms with E-state index >= 15 is 0 Å². The maximum absolute atomic E-state index is 13.7. The van der Waals surface area contributed by atoms with Crippen LogP contribution in [0.4, 0.5) is 14.5 Å². The van der Waals surface area contributed by atoms with Crippen LogP contribution in [0, 0.1) is 0 Å². The van der Waals surface area contributed by atoms with Gasteiger partial charge >= 0.3 is 0 Å². The molecule has 0 spiro atoms. The van der Waals surface area contributed by atoms with E-state index in [0.29, 0.717) is 10.5 Å². The van der Waals surface area contributed by atoms with Gasteiger partial charge < -0.3 is 11.1 Å². The minimum atomic E-state index is -2.73. The van der Waals surface area contributed by atoms with Crippen LogP contribution in [0.25, 0.3) is 20.8 Å². The van der Waals surface area contributed by atoms with Gasteiger partial charge in [-0.3, -0.25) is 9.78 Å². The van der Waals surface area contributed by atoms with E-state index in [1.807, 2.05) is 23.6 Å². The number of halogens is 2. The highest BCUT2D eigenvalue weighted by atomic mass is 32.1. The molecule has 4 rings (SSSR count). The molecule has 0 saturated heterocycles. The second-order valence-corrected chi connectivity index (χ2v) is 7.89. The van der Waals surface area contributed by atoms with Gasteiger partial charge in [-0.15, -0.1) is 22.7 Å². The molecular weight excluding hydrogens is 402 g/mol. The highest BCUT2D eigenvalue weighted by Crippen LogP contribution is 2.41. The summed E-state index contributed by atoms with van der Waals surface area (Å²) in [7, 11) is 0. The smallest absolute Gasteiger partial charge is 0.264 e. The van der Waals surface area contributed by atoms with Crippen LogP contribution < -0.4 is 11.1 Å². The van der Waals surface area contributed by atoms with E-state index in [4.69, 9.17) is 5.73 Å². The fraction of sp³-hybridized carbons (Fsp3) is 0.105. The van der Waals surface area contributed by atoms with Crippen molar-refractivity contribution in [1.82, 2.24) is 15.3 Å². The van der Waals surface area contributed by atoms with Gasteiger partial charge in [-0.2, -0.15) is 0 Å². The number of nitrogens with zero attached hydrogens (tertiary/aromatic N) is 2. The molecule has 1 amide bonds. The normalized spacial score (nSPS) is 11.2. The van der Waals surface area contributed by atoms with Gasteiger partial charge in [-0.05, 0) is 29.1 Å². The van der Waals surface area contributed by atoms with Crippen molar-refractivity contribution < 1.29 is 13.6 Å². The number of pyridine rings is 2. The third-order valence-corrected chi connectivity index (χ3v) is 6.11. The third kappa shape index (κ3) is 3.46. The number of carbonyl (C=O) groups is 1. The molecule has 0 aromatic carbocycles. The zero-order chi connectivity index (χ0) is 19.7. The van der Waals surface area contributed by atoms with Crippen LogP contribution in [0.15, 0.2) is 48.1 Å². The molecule has 0 radical (unpaired) electrons. The molecule has 0 aliphatic rings. The Labute approximate surface area is 166 Å². The van der Waals surface area contributed by atoms with Gasteiger partial charge in [0.2, 0.25) is 0 Å². The van der Waals surface area contributed by atoms with E-state index in [2.05, 4.69) is 15.3 Å². The number of alkyl halides is 2. The predicted octanol–water partition coefficient (Wildman–Crippen LogP) is 4.87. The highest BCUT2D eigenvalue weighted by molar-refractivity contribution is 7.21. The van der Waals surface area contributed by atoms with Crippen molar-refractivity contribution in [2.45, 2.75) is 13.0 Å². The SMILES string of the molecule is Nc1c(C(=O)NCc2cccnc2)sc2nc(-c3cccs3)cc(C(F)F)c12. The Morgan fingerprint density at radius 2 is 2.14 bits per heavy atom. The van der Waals surface area contributed by atoms with Crippen LogP contribution >= 0.6 is 22.7 Å². The molecule has 0 bridgehead atoms. The van der Waals surface area contributed by atoms with Gasteiger partial charge in [0.15, 0.2) is 0 Å². The number of thiophene rings is 2. The van der Waals surface area contributed by atoms with E-state index in [-0.39, 0.29) is 28.1 Å². The van der Waals surface area contributed by atoms with E-state index < -0.39 is 12.3 Å². The monoisotopic (exact) mass is 416 g/mol. The molecule has 0 fully saturated rings. The maximum atomic E-state index is 13.7. The first-order valence-corrected chi connectivity index (χ1v) is 9.96. The number of anilines is 1. The average molecular weight is 416 g/mol. The summed E-state index contributed by atoms with van der Waals surface area (Å²) in [6.45, 7) is 0.260. The number of carbonyl (C=O) groups excluding carboxylic acids is 1. The van der Waals surface area contributed by atoms with Crippen molar-refractivity contribution >= 4 is 44.5 Å². The lowest BCUT2D eigenvalue weighted by molar-refractivity contribution is 0.0955. The molecule has 28 heavy (non-hydrogen) atoms. The standard InChI is InChI=1S/C19H14F2N4OS2/c20-17(21)11-7-12(13-4-2-6-27-13)25-19-14(11)15(22)16(28-19)18(26)24-9-10-3-1-5-23-8-10/h1-8,17H,9,22H2,(H,24,26). The first-order valence-electron chi connectivity index (χ1n) is 8.26. The van der Waals surface area contributed by atoms with E-state index in [0.717, 1.165) is 21.8 Å². The molecular formula is C19H14F2N4OS2. The zero-order valence-corrected chi connectivity index (χ0v) is 16.0. The second kappa shape index (κ2) is 7.61. The number of nitrogen functional groups attached to an aromatic ring is 1. The minimum absolute atomic E-state index is 0.0317. The van der Waals surface area contributed by atoms with Crippen LogP contribution in [0.3, 0.4) is 0 Å². The van der Waals surface area contributed by atoms with Crippen LogP contribution in [0.5, 0.6) is 0 Å². The topological polar surface area (TPSA) is 80.9 Å². The van der Waals surface area contributed by atoms with Crippen LogP contribution in [-0.4, -0.2) is 15.9 Å². The van der Waals surface area contributed by atoms with Gasteiger partial charge in [-0.1, -0.05) is 12.1 Å². The third-order valence-electron chi connectivity index (χ3n) is 4.12. The Balaban J connectivity index is 1.72. The molecule has 0 aliphatic heterocycles. The molecule has 142 valence electrons. The summed E-state index contributed by atoms with van der Waals surface area (Å²) in [6, 6.07) is 8.57. The Kier molecular flexibility index (Phi) is 5.01. The van der Waals surface area contributed by atoms with Crippen molar-refractivity contribution in [2.24, 2.45) is 0 Å². The quantitative estimate of drug-likeness (QED) is 0.486. The summed E-state index contributed by atoms with van der Waals surface area (Å²) >= 11 is 2.43. The zero-order valence-electron chi connectivity index (χ0n) is 14.4. The summed E-state index contributed by atoms with van der Waals surface area (Å²) < 4.78 is 27.4. The number of nitrogens with one attached hydrogen (secondary N) is 1. The molecule has 9 heteroatoms. The number of hydrogen-bond acceptors (Lipinski definition) is 6. The number of aromatic nitrogens is 2. The number of amides is 1. The number of nitrogens with two attached hydrogens (primary N) is 1. The first-order chi connectivity index (χ1) is 13.5.